The van der Waals surface area contributed by atoms with Crippen molar-refractivity contribution in [3.8, 4) is 0 Å². The predicted octanol–water partition coefficient (Wildman–Crippen LogP) is 1.63. The molecule has 0 saturated carbocycles. The van der Waals surface area contributed by atoms with Crippen molar-refractivity contribution in [3.63, 3.8) is 0 Å². The van der Waals surface area contributed by atoms with Crippen LogP contribution in [0.25, 0.3) is 0 Å². The van der Waals surface area contributed by atoms with Gasteiger partial charge in [-0.05, 0) is 31.9 Å². The summed E-state index contributed by atoms with van der Waals surface area (Å²) in [6.07, 6.45) is 3.02. The number of hydrogen-bond acceptors (Lipinski definition) is 4. The molecule has 0 bridgehead atoms. The SMILES string of the molecule is Cc1cc(NC(=O)N2CCC[C@H]2C(=O)NCc2ccco2)n(C)n1. The number of likely N-dealkylation sites (tertiary alicyclic amines) is 1. The molecule has 0 spiro atoms. The molecule has 1 aliphatic rings. The van der Waals surface area contributed by atoms with Crippen LogP contribution in [0.15, 0.2) is 28.9 Å². The van der Waals surface area contributed by atoms with Gasteiger partial charge in [0.15, 0.2) is 0 Å². The molecule has 1 fully saturated rings. The fourth-order valence-electron chi connectivity index (χ4n) is 2.90. The third-order valence-electron chi connectivity index (χ3n) is 4.07. The van der Waals surface area contributed by atoms with Gasteiger partial charge in [0, 0.05) is 19.7 Å². The van der Waals surface area contributed by atoms with Crippen molar-refractivity contribution >= 4 is 17.8 Å². The predicted molar refractivity (Wildman–Crippen MR) is 87.2 cm³/mol. The number of aromatic nitrogens is 2. The van der Waals surface area contributed by atoms with Gasteiger partial charge in [0.1, 0.15) is 17.6 Å². The van der Waals surface area contributed by atoms with E-state index < -0.39 is 6.04 Å². The summed E-state index contributed by atoms with van der Waals surface area (Å²) in [6.45, 7) is 2.73. The zero-order valence-corrected chi connectivity index (χ0v) is 13.8. The quantitative estimate of drug-likeness (QED) is 0.891. The first-order chi connectivity index (χ1) is 11.5. The Hall–Kier alpha value is -2.77. The van der Waals surface area contributed by atoms with E-state index in [-0.39, 0.29) is 11.9 Å². The number of nitrogens with zero attached hydrogens (tertiary/aromatic N) is 3. The summed E-state index contributed by atoms with van der Waals surface area (Å²) in [7, 11) is 1.76. The van der Waals surface area contributed by atoms with Crippen LogP contribution < -0.4 is 10.6 Å². The number of urea groups is 1. The molecule has 1 atom stereocenters. The van der Waals surface area contributed by atoms with Crippen molar-refractivity contribution in [1.82, 2.24) is 20.0 Å². The van der Waals surface area contributed by atoms with E-state index in [1.165, 1.54) is 0 Å². The van der Waals surface area contributed by atoms with Crippen LogP contribution in [-0.4, -0.2) is 39.2 Å². The van der Waals surface area contributed by atoms with E-state index in [0.717, 1.165) is 12.1 Å². The molecule has 8 heteroatoms. The Bertz CT molecular complexity index is 722. The van der Waals surface area contributed by atoms with Gasteiger partial charge in [-0.25, -0.2) is 4.79 Å². The first-order valence-corrected chi connectivity index (χ1v) is 7.93. The maximum atomic E-state index is 12.5. The van der Waals surface area contributed by atoms with E-state index in [4.69, 9.17) is 4.42 Å². The van der Waals surface area contributed by atoms with Gasteiger partial charge in [0.05, 0.1) is 18.5 Å². The van der Waals surface area contributed by atoms with Crippen LogP contribution in [0, 0.1) is 6.92 Å². The van der Waals surface area contributed by atoms with Crippen molar-refractivity contribution in [2.75, 3.05) is 11.9 Å². The zero-order chi connectivity index (χ0) is 17.1. The van der Waals surface area contributed by atoms with Gasteiger partial charge in [-0.1, -0.05) is 0 Å². The Morgan fingerprint density at radius 3 is 2.96 bits per heavy atom. The van der Waals surface area contributed by atoms with Crippen molar-refractivity contribution in [2.45, 2.75) is 32.4 Å². The first kappa shape index (κ1) is 16.1. The summed E-state index contributed by atoms with van der Waals surface area (Å²) < 4.78 is 6.80. The fourth-order valence-corrected chi connectivity index (χ4v) is 2.90. The Kier molecular flexibility index (Phi) is 4.54. The minimum atomic E-state index is -0.464. The third-order valence-corrected chi connectivity index (χ3v) is 4.07. The summed E-state index contributed by atoms with van der Waals surface area (Å²) in [6, 6.07) is 4.61. The molecule has 2 N–H and O–H groups in total. The molecule has 1 aliphatic heterocycles. The van der Waals surface area contributed by atoms with Crippen molar-refractivity contribution < 1.29 is 14.0 Å². The minimum Gasteiger partial charge on any atom is -0.467 e. The van der Waals surface area contributed by atoms with Crippen LogP contribution in [0.2, 0.25) is 0 Å². The first-order valence-electron chi connectivity index (χ1n) is 7.93. The van der Waals surface area contributed by atoms with Crippen LogP contribution in [-0.2, 0) is 18.4 Å². The molecule has 2 aromatic rings. The molecule has 0 aliphatic carbocycles. The highest BCUT2D eigenvalue weighted by Crippen LogP contribution is 2.19. The molecule has 8 nitrogen and oxygen atoms in total. The van der Waals surface area contributed by atoms with Crippen molar-refractivity contribution in [3.05, 3.63) is 35.9 Å². The second-order valence-corrected chi connectivity index (χ2v) is 5.87. The second kappa shape index (κ2) is 6.77. The van der Waals surface area contributed by atoms with Crippen LogP contribution in [0.5, 0.6) is 0 Å². The van der Waals surface area contributed by atoms with Gasteiger partial charge in [-0.2, -0.15) is 5.10 Å². The lowest BCUT2D eigenvalue weighted by atomic mass is 10.2. The normalized spacial score (nSPS) is 17.1. The smallest absolute Gasteiger partial charge is 0.323 e. The van der Waals surface area contributed by atoms with Gasteiger partial charge in [0.25, 0.3) is 0 Å². The van der Waals surface area contributed by atoms with E-state index in [1.807, 2.05) is 6.92 Å². The number of rotatable bonds is 4. The van der Waals surface area contributed by atoms with Crippen LogP contribution in [0.4, 0.5) is 10.6 Å². The average Bonchev–Trinajstić information content (AvgIpc) is 3.26. The molecular formula is C16H21N5O3. The Morgan fingerprint density at radius 1 is 1.46 bits per heavy atom. The summed E-state index contributed by atoms with van der Waals surface area (Å²) in [5.74, 6) is 1.13. The summed E-state index contributed by atoms with van der Waals surface area (Å²) in [5, 5.41) is 9.83. The number of furan rings is 1. The van der Waals surface area contributed by atoms with Gasteiger partial charge in [-0.15, -0.1) is 0 Å². The monoisotopic (exact) mass is 331 g/mol. The molecule has 3 rings (SSSR count). The average molecular weight is 331 g/mol. The molecular weight excluding hydrogens is 310 g/mol. The van der Waals surface area contributed by atoms with Crippen LogP contribution >= 0.6 is 0 Å². The van der Waals surface area contributed by atoms with Gasteiger partial charge >= 0.3 is 6.03 Å². The van der Waals surface area contributed by atoms with Crippen molar-refractivity contribution in [2.24, 2.45) is 7.05 Å². The lowest BCUT2D eigenvalue weighted by Gasteiger charge is -2.24. The number of anilines is 1. The van der Waals surface area contributed by atoms with E-state index >= 15 is 0 Å². The number of amides is 3. The maximum Gasteiger partial charge on any atom is 0.323 e. The molecule has 3 amide bonds. The molecule has 24 heavy (non-hydrogen) atoms. The van der Waals surface area contributed by atoms with Gasteiger partial charge < -0.3 is 14.6 Å². The highest BCUT2D eigenvalue weighted by Gasteiger charge is 2.34. The minimum absolute atomic E-state index is 0.166. The summed E-state index contributed by atoms with van der Waals surface area (Å²) in [5.41, 5.74) is 0.821. The number of aryl methyl sites for hydroxylation is 2. The third kappa shape index (κ3) is 3.42. The van der Waals surface area contributed by atoms with Gasteiger partial charge in [-0.3, -0.25) is 14.8 Å². The molecule has 0 unspecified atom stereocenters. The second-order valence-electron chi connectivity index (χ2n) is 5.87. The largest absolute Gasteiger partial charge is 0.467 e. The standard InChI is InChI=1S/C16H21N5O3/c1-11-9-14(20(2)19-11)18-16(23)21-7-3-6-13(21)15(22)17-10-12-5-4-8-24-12/h4-5,8-9,13H,3,6-7,10H2,1-2H3,(H,17,22)(H,18,23)/t13-/m0/s1. The van der Waals surface area contributed by atoms with Crippen LogP contribution in [0.1, 0.15) is 24.3 Å². The maximum absolute atomic E-state index is 12.5. The molecule has 128 valence electrons. The summed E-state index contributed by atoms with van der Waals surface area (Å²) >= 11 is 0. The van der Waals surface area contributed by atoms with E-state index in [9.17, 15) is 9.59 Å². The highest BCUT2D eigenvalue weighted by molar-refractivity contribution is 5.93. The Balaban J connectivity index is 1.60. The fraction of sp³-hybridized carbons (Fsp3) is 0.438. The number of nitrogens with one attached hydrogen (secondary N) is 2. The number of carbonyl (C=O) groups is 2. The summed E-state index contributed by atoms with van der Waals surface area (Å²) in [4.78, 5) is 26.5. The van der Waals surface area contributed by atoms with E-state index in [1.54, 1.807) is 41.1 Å². The topological polar surface area (TPSA) is 92.4 Å². The van der Waals surface area contributed by atoms with Gasteiger partial charge in [0.2, 0.25) is 5.91 Å². The lowest BCUT2D eigenvalue weighted by Crippen LogP contribution is -2.47. The zero-order valence-electron chi connectivity index (χ0n) is 13.8. The lowest BCUT2D eigenvalue weighted by molar-refractivity contribution is -0.124. The molecule has 1 saturated heterocycles. The number of carbonyl (C=O) groups excluding carboxylic acids is 2. The van der Waals surface area contributed by atoms with Crippen LogP contribution in [0.3, 0.4) is 0 Å². The Labute approximate surface area is 139 Å². The highest BCUT2D eigenvalue weighted by atomic mass is 16.3. The van der Waals surface area contributed by atoms with E-state index in [2.05, 4.69) is 15.7 Å². The Morgan fingerprint density at radius 2 is 2.29 bits per heavy atom. The molecule has 0 aromatic carbocycles. The number of hydrogen-bond donors (Lipinski definition) is 2. The molecule has 0 radical (unpaired) electrons. The molecule has 2 aromatic heterocycles. The van der Waals surface area contributed by atoms with Crippen molar-refractivity contribution in [1.29, 1.82) is 0 Å². The molecule has 3 heterocycles. The van der Waals surface area contributed by atoms with E-state index in [0.29, 0.717) is 31.1 Å².